The molecule has 184 valence electrons. The molecular formula is C25H32F2N4O3. The van der Waals surface area contributed by atoms with Gasteiger partial charge in [-0.15, -0.1) is 0 Å². The minimum Gasteiger partial charge on any atom is -0.447 e. The van der Waals surface area contributed by atoms with E-state index in [0.717, 1.165) is 29.5 Å². The Hall–Kier alpha value is -2.81. The predicted octanol–water partition coefficient (Wildman–Crippen LogP) is 5.51. The van der Waals surface area contributed by atoms with Crippen molar-refractivity contribution in [2.75, 3.05) is 16.8 Å². The number of ether oxygens (including phenoxy) is 2. The molecule has 3 atom stereocenters. The summed E-state index contributed by atoms with van der Waals surface area (Å²) < 4.78 is 40.8. The van der Waals surface area contributed by atoms with Crippen molar-refractivity contribution in [3.05, 3.63) is 47.2 Å². The first-order valence-electron chi connectivity index (χ1n) is 11.6. The van der Waals surface area contributed by atoms with E-state index in [4.69, 9.17) is 9.47 Å². The van der Waals surface area contributed by atoms with E-state index in [1.807, 2.05) is 26.8 Å². The molecule has 4 rings (SSSR count). The van der Waals surface area contributed by atoms with Gasteiger partial charge >= 0.3 is 6.09 Å². The highest BCUT2D eigenvalue weighted by Crippen LogP contribution is 2.48. The van der Waals surface area contributed by atoms with Crippen LogP contribution in [0.2, 0.25) is 0 Å². The molecule has 1 aliphatic heterocycles. The van der Waals surface area contributed by atoms with Crippen LogP contribution in [0.1, 0.15) is 71.6 Å². The smallest absolute Gasteiger partial charge is 0.416 e. The van der Waals surface area contributed by atoms with Gasteiger partial charge in [-0.3, -0.25) is 0 Å². The number of amides is 1. The number of anilines is 2. The molecule has 1 N–H and O–H groups in total. The van der Waals surface area contributed by atoms with Crippen molar-refractivity contribution in [1.29, 1.82) is 0 Å². The minimum atomic E-state index is -0.766. The van der Waals surface area contributed by atoms with Gasteiger partial charge in [0.1, 0.15) is 18.5 Å². The van der Waals surface area contributed by atoms with Gasteiger partial charge in [-0.25, -0.2) is 23.5 Å². The summed E-state index contributed by atoms with van der Waals surface area (Å²) in [7, 11) is 0. The van der Waals surface area contributed by atoms with Crippen molar-refractivity contribution >= 4 is 17.9 Å². The predicted molar refractivity (Wildman–Crippen MR) is 125 cm³/mol. The SMILES string of the molecule is C[C@H](Nc1ncc(F)c(N2C(=O)OC[C@@H]2[C@@H](C)OC(C)(C)C)n1)c1ccc(C2(C)CC2)cc1F. The van der Waals surface area contributed by atoms with Crippen LogP contribution in [-0.4, -0.2) is 40.4 Å². The number of rotatable bonds is 7. The molecule has 2 fully saturated rings. The number of carbonyl (C=O) groups excluding carboxylic acids is 1. The summed E-state index contributed by atoms with van der Waals surface area (Å²) in [6.07, 6.45) is 1.97. The normalized spacial score (nSPS) is 21.2. The Morgan fingerprint density at radius 1 is 1.24 bits per heavy atom. The quantitative estimate of drug-likeness (QED) is 0.570. The third-order valence-electron chi connectivity index (χ3n) is 6.45. The van der Waals surface area contributed by atoms with Crippen LogP contribution in [0.4, 0.5) is 25.3 Å². The number of aromatic nitrogens is 2. The molecule has 1 saturated heterocycles. The molecule has 9 heteroatoms. The number of hydrogen-bond acceptors (Lipinski definition) is 6. The lowest BCUT2D eigenvalue weighted by Crippen LogP contribution is -2.45. The van der Waals surface area contributed by atoms with E-state index in [1.54, 1.807) is 26.0 Å². The first kappa shape index (κ1) is 24.3. The second-order valence-corrected chi connectivity index (χ2v) is 10.5. The third-order valence-corrected chi connectivity index (χ3v) is 6.45. The first-order valence-corrected chi connectivity index (χ1v) is 11.6. The van der Waals surface area contributed by atoms with Gasteiger partial charge in [-0.05, 0) is 64.5 Å². The Balaban J connectivity index is 1.55. The third kappa shape index (κ3) is 4.99. The van der Waals surface area contributed by atoms with E-state index in [2.05, 4.69) is 22.2 Å². The molecule has 34 heavy (non-hydrogen) atoms. The molecule has 0 spiro atoms. The van der Waals surface area contributed by atoms with Crippen LogP contribution in [-0.2, 0) is 14.9 Å². The van der Waals surface area contributed by atoms with Gasteiger partial charge in [0.25, 0.3) is 0 Å². The van der Waals surface area contributed by atoms with Gasteiger partial charge < -0.3 is 14.8 Å². The number of carbonyl (C=O) groups is 1. The second kappa shape index (κ2) is 8.76. The molecule has 2 aliphatic rings. The number of nitrogens with one attached hydrogen (secondary N) is 1. The van der Waals surface area contributed by atoms with Gasteiger partial charge in [0.15, 0.2) is 11.6 Å². The zero-order valence-corrected chi connectivity index (χ0v) is 20.5. The summed E-state index contributed by atoms with van der Waals surface area (Å²) in [5.41, 5.74) is 1.05. The van der Waals surface area contributed by atoms with E-state index in [0.29, 0.717) is 5.56 Å². The lowest BCUT2D eigenvalue weighted by atomic mass is 9.95. The fraction of sp³-hybridized carbons (Fsp3) is 0.560. The highest BCUT2D eigenvalue weighted by atomic mass is 19.1. The number of hydrogen-bond donors (Lipinski definition) is 1. The summed E-state index contributed by atoms with van der Waals surface area (Å²) in [4.78, 5) is 21.9. The summed E-state index contributed by atoms with van der Waals surface area (Å²) in [6, 6.07) is 4.25. The molecule has 1 amide bonds. The fourth-order valence-corrected chi connectivity index (χ4v) is 4.26. The Bertz CT molecular complexity index is 1080. The summed E-state index contributed by atoms with van der Waals surface area (Å²) in [5, 5.41) is 3.02. The standard InChI is InChI=1S/C25H32F2N4O3/c1-14(17-8-7-16(11-18(17)26)25(6)9-10-25)29-22-28-12-19(27)21(30-22)31-20(13-33-23(31)32)15(2)34-24(3,4)5/h7-8,11-12,14-15,20H,9-10,13H2,1-6H3,(H,28,29,30)/t14-,15+,20+/m0/s1. The van der Waals surface area contributed by atoms with Crippen LogP contribution >= 0.6 is 0 Å². The molecule has 2 heterocycles. The van der Waals surface area contributed by atoms with Crippen molar-refractivity contribution in [3.63, 3.8) is 0 Å². The van der Waals surface area contributed by atoms with Crippen molar-refractivity contribution in [3.8, 4) is 0 Å². The molecule has 1 saturated carbocycles. The molecule has 0 bridgehead atoms. The second-order valence-electron chi connectivity index (χ2n) is 10.5. The molecular weight excluding hydrogens is 442 g/mol. The lowest BCUT2D eigenvalue weighted by Gasteiger charge is -2.31. The van der Waals surface area contributed by atoms with Crippen LogP contribution in [0.3, 0.4) is 0 Å². The molecule has 1 aromatic heterocycles. The Labute approximate surface area is 198 Å². The van der Waals surface area contributed by atoms with E-state index >= 15 is 0 Å². The Morgan fingerprint density at radius 3 is 2.56 bits per heavy atom. The summed E-state index contributed by atoms with van der Waals surface area (Å²) >= 11 is 0. The molecule has 0 radical (unpaired) electrons. The van der Waals surface area contributed by atoms with Crippen LogP contribution in [0.25, 0.3) is 0 Å². The van der Waals surface area contributed by atoms with Crippen LogP contribution in [0.5, 0.6) is 0 Å². The maximum atomic E-state index is 14.9. The molecule has 2 aromatic rings. The molecule has 7 nitrogen and oxygen atoms in total. The lowest BCUT2D eigenvalue weighted by molar-refractivity contribution is -0.0618. The number of nitrogens with zero attached hydrogens (tertiary/aromatic N) is 3. The summed E-state index contributed by atoms with van der Waals surface area (Å²) in [6.45, 7) is 11.5. The fourth-order valence-electron chi connectivity index (χ4n) is 4.26. The van der Waals surface area contributed by atoms with Gasteiger partial charge in [-0.1, -0.05) is 19.1 Å². The largest absolute Gasteiger partial charge is 0.447 e. The van der Waals surface area contributed by atoms with Crippen molar-refractivity contribution in [2.45, 2.75) is 83.6 Å². The first-order chi connectivity index (χ1) is 15.9. The van der Waals surface area contributed by atoms with Gasteiger partial charge in [0.2, 0.25) is 5.95 Å². The van der Waals surface area contributed by atoms with Crippen LogP contribution in [0, 0.1) is 11.6 Å². The average Bonchev–Trinajstić information content (AvgIpc) is 3.38. The molecule has 1 aromatic carbocycles. The minimum absolute atomic E-state index is 0.0508. The zero-order chi connectivity index (χ0) is 24.8. The number of benzene rings is 1. The van der Waals surface area contributed by atoms with Crippen LogP contribution < -0.4 is 10.2 Å². The molecule has 1 aliphatic carbocycles. The highest BCUT2D eigenvalue weighted by Gasteiger charge is 2.42. The maximum Gasteiger partial charge on any atom is 0.416 e. The zero-order valence-electron chi connectivity index (χ0n) is 20.5. The monoisotopic (exact) mass is 474 g/mol. The van der Waals surface area contributed by atoms with Gasteiger partial charge in [0, 0.05) is 5.56 Å². The van der Waals surface area contributed by atoms with Crippen LogP contribution in [0.15, 0.2) is 24.4 Å². The average molecular weight is 475 g/mol. The Kier molecular flexibility index (Phi) is 6.27. The van der Waals surface area contributed by atoms with E-state index in [-0.39, 0.29) is 29.6 Å². The summed E-state index contributed by atoms with van der Waals surface area (Å²) in [5.74, 6) is -1.22. The topological polar surface area (TPSA) is 76.6 Å². The van der Waals surface area contributed by atoms with Crippen molar-refractivity contribution in [1.82, 2.24) is 9.97 Å². The number of halogens is 2. The van der Waals surface area contributed by atoms with Gasteiger partial charge in [-0.2, -0.15) is 4.98 Å². The maximum absolute atomic E-state index is 14.9. The highest BCUT2D eigenvalue weighted by molar-refractivity contribution is 5.89. The van der Waals surface area contributed by atoms with E-state index in [1.165, 1.54) is 0 Å². The van der Waals surface area contributed by atoms with Gasteiger partial charge in [0.05, 0.1) is 23.9 Å². The van der Waals surface area contributed by atoms with Crippen molar-refractivity contribution < 1.29 is 23.0 Å². The Morgan fingerprint density at radius 2 is 1.94 bits per heavy atom. The van der Waals surface area contributed by atoms with E-state index in [9.17, 15) is 13.6 Å². The molecule has 0 unspecified atom stereocenters. The van der Waals surface area contributed by atoms with Crippen molar-refractivity contribution in [2.24, 2.45) is 0 Å². The number of cyclic esters (lactones) is 1. The van der Waals surface area contributed by atoms with E-state index < -0.39 is 35.7 Å².